The molecule has 17 heavy (non-hydrogen) atoms. The zero-order valence-electron chi connectivity index (χ0n) is 11.2. The van der Waals surface area contributed by atoms with Gasteiger partial charge >= 0.3 is 0 Å². The number of aryl methyl sites for hydroxylation is 2. The van der Waals surface area contributed by atoms with E-state index in [-0.39, 0.29) is 11.9 Å². The molecule has 1 amide bonds. The summed E-state index contributed by atoms with van der Waals surface area (Å²) in [5.74, 6) is 0.00810. The summed E-state index contributed by atoms with van der Waals surface area (Å²) in [5.41, 5.74) is 2.96. The van der Waals surface area contributed by atoms with Gasteiger partial charge in [0.1, 0.15) is 0 Å². The van der Waals surface area contributed by atoms with Gasteiger partial charge < -0.3 is 10.1 Å². The Morgan fingerprint density at radius 1 is 1.53 bits per heavy atom. The van der Waals surface area contributed by atoms with Crippen LogP contribution >= 0.6 is 0 Å². The minimum atomic E-state index is 0.00810. The lowest BCUT2D eigenvalue weighted by Gasteiger charge is -2.12. The summed E-state index contributed by atoms with van der Waals surface area (Å²) in [4.78, 5) is 11.8. The largest absolute Gasteiger partial charge is 0.383 e. The molecular formula is C12H21N3O2. The normalized spacial score (nSPS) is 12.5. The smallest absolute Gasteiger partial charge is 0.224 e. The molecule has 1 rings (SSSR count). The summed E-state index contributed by atoms with van der Waals surface area (Å²) >= 11 is 0. The zero-order chi connectivity index (χ0) is 13.0. The zero-order valence-corrected chi connectivity index (χ0v) is 11.2. The molecule has 0 aliphatic heterocycles. The fourth-order valence-corrected chi connectivity index (χ4v) is 1.85. The molecule has 0 saturated heterocycles. The van der Waals surface area contributed by atoms with Crippen molar-refractivity contribution in [2.24, 2.45) is 7.05 Å². The van der Waals surface area contributed by atoms with Crippen LogP contribution in [0.15, 0.2) is 0 Å². The van der Waals surface area contributed by atoms with Gasteiger partial charge in [-0.3, -0.25) is 9.48 Å². The Bertz CT molecular complexity index is 399. The predicted octanol–water partition coefficient (Wildman–Crippen LogP) is 0.731. The molecule has 96 valence electrons. The summed E-state index contributed by atoms with van der Waals surface area (Å²) in [5, 5.41) is 7.18. The van der Waals surface area contributed by atoms with Crippen molar-refractivity contribution >= 4 is 5.91 Å². The van der Waals surface area contributed by atoms with Crippen LogP contribution in [0.5, 0.6) is 0 Å². The molecule has 1 aromatic rings. The lowest BCUT2D eigenvalue weighted by atomic mass is 10.1. The van der Waals surface area contributed by atoms with Gasteiger partial charge in [0.15, 0.2) is 0 Å². The second-order valence-electron chi connectivity index (χ2n) is 4.37. The SMILES string of the molecule is COCC(C)NC(=O)Cc1c(C)nn(C)c1C. The molecule has 0 saturated carbocycles. The van der Waals surface area contributed by atoms with Crippen LogP contribution in [0.1, 0.15) is 23.9 Å². The summed E-state index contributed by atoms with van der Waals surface area (Å²) < 4.78 is 6.78. The third kappa shape index (κ3) is 3.56. The summed E-state index contributed by atoms with van der Waals surface area (Å²) in [6, 6.07) is 0.0322. The average molecular weight is 239 g/mol. The van der Waals surface area contributed by atoms with Crippen LogP contribution in [0.2, 0.25) is 0 Å². The van der Waals surface area contributed by atoms with Crippen LogP contribution in [-0.4, -0.2) is 35.4 Å². The number of nitrogens with zero attached hydrogens (tertiary/aromatic N) is 2. The van der Waals surface area contributed by atoms with E-state index in [0.29, 0.717) is 13.0 Å². The Kier molecular flexibility index (Phi) is 4.69. The van der Waals surface area contributed by atoms with E-state index in [0.717, 1.165) is 17.0 Å². The molecule has 0 aliphatic rings. The molecule has 0 aromatic carbocycles. The highest BCUT2D eigenvalue weighted by molar-refractivity contribution is 5.79. The highest BCUT2D eigenvalue weighted by atomic mass is 16.5. The van der Waals surface area contributed by atoms with Gasteiger partial charge in [-0.25, -0.2) is 0 Å². The van der Waals surface area contributed by atoms with E-state index in [4.69, 9.17) is 4.74 Å². The monoisotopic (exact) mass is 239 g/mol. The van der Waals surface area contributed by atoms with Crippen LogP contribution in [-0.2, 0) is 23.0 Å². The van der Waals surface area contributed by atoms with Gasteiger partial charge in [0, 0.05) is 31.5 Å². The second-order valence-corrected chi connectivity index (χ2v) is 4.37. The minimum Gasteiger partial charge on any atom is -0.383 e. The van der Waals surface area contributed by atoms with Gasteiger partial charge in [0.25, 0.3) is 0 Å². The Morgan fingerprint density at radius 3 is 2.65 bits per heavy atom. The third-order valence-electron chi connectivity index (χ3n) is 2.82. The second kappa shape index (κ2) is 5.82. The average Bonchev–Trinajstić information content (AvgIpc) is 2.45. The number of methoxy groups -OCH3 is 1. The minimum absolute atomic E-state index is 0.00810. The van der Waals surface area contributed by atoms with E-state index in [1.165, 1.54) is 0 Å². The van der Waals surface area contributed by atoms with Crippen molar-refractivity contribution < 1.29 is 9.53 Å². The molecule has 5 nitrogen and oxygen atoms in total. The van der Waals surface area contributed by atoms with Gasteiger partial charge in [-0.2, -0.15) is 5.10 Å². The first-order chi connectivity index (χ1) is 7.95. The molecule has 5 heteroatoms. The Balaban J connectivity index is 2.62. The van der Waals surface area contributed by atoms with Gasteiger partial charge in [-0.05, 0) is 20.8 Å². The lowest BCUT2D eigenvalue weighted by Crippen LogP contribution is -2.36. The quantitative estimate of drug-likeness (QED) is 0.824. The number of aromatic nitrogens is 2. The first-order valence-corrected chi connectivity index (χ1v) is 5.73. The molecule has 0 aliphatic carbocycles. The lowest BCUT2D eigenvalue weighted by molar-refractivity contribution is -0.121. The van der Waals surface area contributed by atoms with Gasteiger partial charge in [0.2, 0.25) is 5.91 Å². The van der Waals surface area contributed by atoms with E-state index in [1.54, 1.807) is 11.8 Å². The van der Waals surface area contributed by atoms with Crippen molar-refractivity contribution in [2.45, 2.75) is 33.2 Å². The number of ether oxygens (including phenoxy) is 1. The van der Waals surface area contributed by atoms with E-state index in [1.807, 2.05) is 27.8 Å². The van der Waals surface area contributed by atoms with Crippen LogP contribution in [0, 0.1) is 13.8 Å². The molecule has 0 fully saturated rings. The number of carbonyl (C=O) groups excluding carboxylic acids is 1. The van der Waals surface area contributed by atoms with E-state index >= 15 is 0 Å². The first kappa shape index (κ1) is 13.7. The molecule has 1 aromatic heterocycles. The van der Waals surface area contributed by atoms with Gasteiger partial charge in [-0.15, -0.1) is 0 Å². The van der Waals surface area contributed by atoms with Crippen molar-refractivity contribution in [3.8, 4) is 0 Å². The first-order valence-electron chi connectivity index (χ1n) is 5.73. The summed E-state index contributed by atoms with van der Waals surface area (Å²) in [6.45, 7) is 6.34. The van der Waals surface area contributed by atoms with Crippen molar-refractivity contribution in [3.63, 3.8) is 0 Å². The maximum absolute atomic E-state index is 11.8. The van der Waals surface area contributed by atoms with Crippen molar-refractivity contribution in [2.75, 3.05) is 13.7 Å². The number of carbonyl (C=O) groups is 1. The Morgan fingerprint density at radius 2 is 2.18 bits per heavy atom. The highest BCUT2D eigenvalue weighted by Gasteiger charge is 2.14. The third-order valence-corrected chi connectivity index (χ3v) is 2.82. The fraction of sp³-hybridized carbons (Fsp3) is 0.667. The molecule has 1 atom stereocenters. The van der Waals surface area contributed by atoms with Crippen LogP contribution < -0.4 is 5.32 Å². The van der Waals surface area contributed by atoms with Crippen molar-refractivity contribution in [3.05, 3.63) is 17.0 Å². The highest BCUT2D eigenvalue weighted by Crippen LogP contribution is 2.12. The number of rotatable bonds is 5. The number of hydrogen-bond acceptors (Lipinski definition) is 3. The number of amides is 1. The van der Waals surface area contributed by atoms with Crippen LogP contribution in [0.3, 0.4) is 0 Å². The Labute approximate surface area is 102 Å². The maximum Gasteiger partial charge on any atom is 0.224 e. The molecule has 1 heterocycles. The molecule has 1 N–H and O–H groups in total. The number of hydrogen-bond donors (Lipinski definition) is 1. The molecular weight excluding hydrogens is 218 g/mol. The number of nitrogens with one attached hydrogen (secondary N) is 1. The van der Waals surface area contributed by atoms with Gasteiger partial charge in [0.05, 0.1) is 18.7 Å². The summed E-state index contributed by atoms with van der Waals surface area (Å²) in [7, 11) is 3.51. The van der Waals surface area contributed by atoms with Gasteiger partial charge in [-0.1, -0.05) is 0 Å². The predicted molar refractivity (Wildman–Crippen MR) is 65.9 cm³/mol. The molecule has 0 spiro atoms. The van der Waals surface area contributed by atoms with Crippen molar-refractivity contribution in [1.82, 2.24) is 15.1 Å². The fourth-order valence-electron chi connectivity index (χ4n) is 1.85. The van der Waals surface area contributed by atoms with E-state index in [2.05, 4.69) is 10.4 Å². The molecule has 0 radical (unpaired) electrons. The van der Waals surface area contributed by atoms with Crippen LogP contribution in [0.25, 0.3) is 0 Å². The molecule has 1 unspecified atom stereocenters. The standard InChI is InChI=1S/C12H21N3O2/c1-8(7-17-5)13-12(16)6-11-9(2)14-15(4)10(11)3/h8H,6-7H2,1-5H3,(H,13,16). The van der Waals surface area contributed by atoms with Crippen molar-refractivity contribution in [1.29, 1.82) is 0 Å². The van der Waals surface area contributed by atoms with Crippen LogP contribution in [0.4, 0.5) is 0 Å². The Hall–Kier alpha value is -1.36. The molecule has 0 bridgehead atoms. The van der Waals surface area contributed by atoms with E-state index < -0.39 is 0 Å². The maximum atomic E-state index is 11.8. The summed E-state index contributed by atoms with van der Waals surface area (Å²) in [6.07, 6.45) is 0.375. The van der Waals surface area contributed by atoms with E-state index in [9.17, 15) is 4.79 Å². The topological polar surface area (TPSA) is 56.1 Å².